The van der Waals surface area contributed by atoms with Crippen LogP contribution < -0.4 is 0 Å². The zero-order chi connectivity index (χ0) is 16.4. The summed E-state index contributed by atoms with van der Waals surface area (Å²) in [5, 5.41) is 5.85. The van der Waals surface area contributed by atoms with Crippen molar-refractivity contribution in [2.75, 3.05) is 0 Å². The van der Waals surface area contributed by atoms with E-state index in [1.165, 1.54) is 35.3 Å². The van der Waals surface area contributed by atoms with Gasteiger partial charge in [0, 0.05) is 0 Å². The standard InChI is InChI=1S/C18H16N2O3S/c21-18(14-8-7-12-4-1-2-5-13(12)10-14)22-11-16-19-17(20-23-16)15-6-3-9-24-15/h3,6-10H,1-2,4-5,11H2. The highest BCUT2D eigenvalue weighted by Crippen LogP contribution is 2.23. The summed E-state index contributed by atoms with van der Waals surface area (Å²) in [5.41, 5.74) is 3.18. The number of ether oxygens (including phenoxy) is 1. The molecule has 1 aromatic carbocycles. The number of aromatic nitrogens is 2. The van der Waals surface area contributed by atoms with Crippen molar-refractivity contribution in [2.45, 2.75) is 32.3 Å². The predicted molar refractivity (Wildman–Crippen MR) is 89.8 cm³/mol. The minimum absolute atomic E-state index is 0.0196. The van der Waals surface area contributed by atoms with Gasteiger partial charge in [0.2, 0.25) is 5.82 Å². The summed E-state index contributed by atoms with van der Waals surface area (Å²) >= 11 is 1.53. The molecule has 2 aromatic heterocycles. The van der Waals surface area contributed by atoms with Crippen molar-refractivity contribution in [1.82, 2.24) is 10.1 Å². The summed E-state index contributed by atoms with van der Waals surface area (Å²) in [6, 6.07) is 9.65. The highest BCUT2D eigenvalue weighted by Gasteiger charge is 2.15. The molecule has 122 valence electrons. The first-order chi connectivity index (χ1) is 11.8. The van der Waals surface area contributed by atoms with Crippen LogP contribution >= 0.6 is 11.3 Å². The Balaban J connectivity index is 1.41. The highest BCUT2D eigenvalue weighted by atomic mass is 32.1. The van der Waals surface area contributed by atoms with Gasteiger partial charge in [-0.15, -0.1) is 11.3 Å². The minimum Gasteiger partial charge on any atom is -0.452 e. The van der Waals surface area contributed by atoms with E-state index >= 15 is 0 Å². The molecule has 6 heteroatoms. The Morgan fingerprint density at radius 2 is 2.08 bits per heavy atom. The molecule has 1 aliphatic carbocycles. The summed E-state index contributed by atoms with van der Waals surface area (Å²) in [6.07, 6.45) is 4.53. The van der Waals surface area contributed by atoms with Crippen molar-refractivity contribution < 1.29 is 14.1 Å². The Morgan fingerprint density at radius 1 is 1.21 bits per heavy atom. The summed E-state index contributed by atoms with van der Waals surface area (Å²) < 4.78 is 10.4. The summed E-state index contributed by atoms with van der Waals surface area (Å²) in [7, 11) is 0. The van der Waals surface area contributed by atoms with Gasteiger partial charge in [0.25, 0.3) is 5.89 Å². The van der Waals surface area contributed by atoms with Gasteiger partial charge in [0.05, 0.1) is 10.4 Å². The topological polar surface area (TPSA) is 65.2 Å². The number of hydrogen-bond acceptors (Lipinski definition) is 6. The lowest BCUT2D eigenvalue weighted by molar-refractivity contribution is 0.0429. The molecular formula is C18H16N2O3S. The van der Waals surface area contributed by atoms with Gasteiger partial charge in [-0.3, -0.25) is 0 Å². The number of nitrogens with zero attached hydrogens (tertiary/aromatic N) is 2. The molecule has 0 N–H and O–H groups in total. The van der Waals surface area contributed by atoms with E-state index in [-0.39, 0.29) is 12.6 Å². The van der Waals surface area contributed by atoms with Crippen molar-refractivity contribution in [1.29, 1.82) is 0 Å². The molecule has 0 bridgehead atoms. The van der Waals surface area contributed by atoms with E-state index in [0.717, 1.165) is 17.7 Å². The monoisotopic (exact) mass is 340 g/mol. The molecule has 0 spiro atoms. The molecule has 2 heterocycles. The van der Waals surface area contributed by atoms with Crippen molar-refractivity contribution in [3.63, 3.8) is 0 Å². The maximum absolute atomic E-state index is 12.2. The maximum Gasteiger partial charge on any atom is 0.338 e. The number of rotatable bonds is 4. The van der Waals surface area contributed by atoms with Crippen LogP contribution in [0.4, 0.5) is 0 Å². The molecule has 4 rings (SSSR count). The SMILES string of the molecule is O=C(OCc1nc(-c2cccs2)no1)c1ccc2c(c1)CCCC2. The van der Waals surface area contributed by atoms with Gasteiger partial charge in [0.1, 0.15) is 0 Å². The van der Waals surface area contributed by atoms with Gasteiger partial charge in [0.15, 0.2) is 6.61 Å². The highest BCUT2D eigenvalue weighted by molar-refractivity contribution is 7.13. The van der Waals surface area contributed by atoms with E-state index in [1.54, 1.807) is 0 Å². The van der Waals surface area contributed by atoms with Gasteiger partial charge < -0.3 is 9.26 Å². The van der Waals surface area contributed by atoms with E-state index < -0.39 is 0 Å². The van der Waals surface area contributed by atoms with Gasteiger partial charge in [-0.25, -0.2) is 4.79 Å². The molecule has 0 radical (unpaired) electrons. The third-order valence-electron chi connectivity index (χ3n) is 4.12. The van der Waals surface area contributed by atoms with Gasteiger partial charge in [-0.1, -0.05) is 17.3 Å². The van der Waals surface area contributed by atoms with Gasteiger partial charge >= 0.3 is 5.97 Å². The lowest BCUT2D eigenvalue weighted by atomic mass is 9.90. The van der Waals surface area contributed by atoms with E-state index in [2.05, 4.69) is 10.1 Å². The first-order valence-corrected chi connectivity index (χ1v) is 8.83. The second-order valence-corrected chi connectivity index (χ2v) is 6.70. The molecule has 0 aliphatic heterocycles. The molecule has 5 nitrogen and oxygen atoms in total. The summed E-state index contributed by atoms with van der Waals surface area (Å²) in [6.45, 7) is -0.0196. The minimum atomic E-state index is -0.362. The molecular weight excluding hydrogens is 324 g/mol. The Bertz CT molecular complexity index is 855. The van der Waals surface area contributed by atoms with Crippen LogP contribution in [-0.2, 0) is 24.2 Å². The molecule has 0 saturated heterocycles. The third-order valence-corrected chi connectivity index (χ3v) is 4.99. The number of benzene rings is 1. The number of carbonyl (C=O) groups is 1. The number of fused-ring (bicyclic) bond motifs is 1. The Morgan fingerprint density at radius 3 is 2.92 bits per heavy atom. The van der Waals surface area contributed by atoms with Crippen LogP contribution in [-0.4, -0.2) is 16.1 Å². The van der Waals surface area contributed by atoms with Gasteiger partial charge in [-0.05, 0) is 60.4 Å². The molecule has 24 heavy (non-hydrogen) atoms. The Kier molecular flexibility index (Phi) is 4.13. The molecule has 0 amide bonds. The van der Waals surface area contributed by atoms with Crippen LogP contribution in [0.1, 0.15) is 40.2 Å². The van der Waals surface area contributed by atoms with Crippen LogP contribution in [0.5, 0.6) is 0 Å². The molecule has 0 saturated carbocycles. The summed E-state index contributed by atoms with van der Waals surface area (Å²) in [4.78, 5) is 17.4. The lowest BCUT2D eigenvalue weighted by Crippen LogP contribution is -2.09. The first kappa shape index (κ1) is 15.1. The largest absolute Gasteiger partial charge is 0.452 e. The van der Waals surface area contributed by atoms with Crippen molar-refractivity contribution in [3.8, 4) is 10.7 Å². The molecule has 3 aromatic rings. The third kappa shape index (κ3) is 3.10. The average molecular weight is 340 g/mol. The van der Waals surface area contributed by atoms with Crippen LogP contribution in [0.2, 0.25) is 0 Å². The number of esters is 1. The van der Waals surface area contributed by atoms with Crippen LogP contribution in [0.15, 0.2) is 40.2 Å². The van der Waals surface area contributed by atoms with Crippen molar-refractivity contribution in [3.05, 3.63) is 58.3 Å². The number of aryl methyl sites for hydroxylation is 2. The van der Waals surface area contributed by atoms with E-state index in [9.17, 15) is 4.79 Å². The zero-order valence-electron chi connectivity index (χ0n) is 13.0. The van der Waals surface area contributed by atoms with Crippen LogP contribution in [0, 0.1) is 0 Å². The fraction of sp³-hybridized carbons (Fsp3) is 0.278. The van der Waals surface area contributed by atoms with Crippen LogP contribution in [0.25, 0.3) is 10.7 Å². The molecule has 0 atom stereocenters. The fourth-order valence-electron chi connectivity index (χ4n) is 2.89. The fourth-order valence-corrected chi connectivity index (χ4v) is 3.54. The zero-order valence-corrected chi connectivity index (χ0v) is 13.8. The number of carbonyl (C=O) groups excluding carboxylic acids is 1. The number of hydrogen-bond donors (Lipinski definition) is 0. The molecule has 0 unspecified atom stereocenters. The second kappa shape index (κ2) is 6.57. The average Bonchev–Trinajstić information content (AvgIpc) is 3.30. The van der Waals surface area contributed by atoms with Crippen LogP contribution in [0.3, 0.4) is 0 Å². The smallest absolute Gasteiger partial charge is 0.338 e. The normalized spacial score (nSPS) is 13.5. The maximum atomic E-state index is 12.2. The quantitative estimate of drug-likeness (QED) is 0.671. The predicted octanol–water partition coefficient (Wildman–Crippen LogP) is 4.03. The lowest BCUT2D eigenvalue weighted by Gasteiger charge is -2.16. The number of thiophene rings is 1. The second-order valence-electron chi connectivity index (χ2n) is 5.76. The first-order valence-electron chi connectivity index (χ1n) is 7.95. The van der Waals surface area contributed by atoms with E-state index in [4.69, 9.17) is 9.26 Å². The van der Waals surface area contributed by atoms with E-state index in [0.29, 0.717) is 17.3 Å². The molecule has 0 fully saturated rings. The van der Waals surface area contributed by atoms with Crippen molar-refractivity contribution in [2.24, 2.45) is 0 Å². The Hall–Kier alpha value is -2.47. The van der Waals surface area contributed by atoms with E-state index in [1.807, 2.05) is 35.7 Å². The summed E-state index contributed by atoms with van der Waals surface area (Å²) in [5.74, 6) is 0.453. The molecule has 1 aliphatic rings. The van der Waals surface area contributed by atoms with Gasteiger partial charge in [-0.2, -0.15) is 4.98 Å². The van der Waals surface area contributed by atoms with Crippen molar-refractivity contribution >= 4 is 17.3 Å². The Labute approximate surface area is 143 Å².